The van der Waals surface area contributed by atoms with Crippen molar-refractivity contribution in [3.63, 3.8) is 0 Å². The molecule has 1 aliphatic heterocycles. The van der Waals surface area contributed by atoms with E-state index in [-0.39, 0.29) is 56.0 Å². The summed E-state index contributed by atoms with van der Waals surface area (Å²) < 4.78 is 6.10. The predicted molar refractivity (Wildman–Crippen MR) is 188 cm³/mol. The molecule has 4 aliphatic rings. The van der Waals surface area contributed by atoms with E-state index in [4.69, 9.17) is 9.84 Å². The van der Waals surface area contributed by atoms with Crippen LogP contribution in [0.2, 0.25) is 0 Å². The summed E-state index contributed by atoms with van der Waals surface area (Å²) in [4.78, 5) is 70.7. The van der Waals surface area contributed by atoms with E-state index >= 15 is 9.59 Å². The first-order valence-electron chi connectivity index (χ1n) is 17.8. The Morgan fingerprint density at radius 2 is 1.55 bits per heavy atom. The molecule has 0 radical (unpaired) electrons. The van der Waals surface area contributed by atoms with Crippen molar-refractivity contribution >= 4 is 34.9 Å². The maximum Gasteiger partial charge on any atom is 0.303 e. The summed E-state index contributed by atoms with van der Waals surface area (Å²) in [5.41, 5.74) is 1.82. The Kier molecular flexibility index (Phi) is 9.57. The monoisotopic (exact) mass is 687 g/mol. The quantitative estimate of drug-likeness (QED) is 0.144. The molecular weight excluding hydrogens is 646 g/mol. The van der Waals surface area contributed by atoms with Gasteiger partial charge in [0.15, 0.2) is 11.6 Å². The Morgan fingerprint density at radius 3 is 2.27 bits per heavy atom. The van der Waals surface area contributed by atoms with Crippen LogP contribution in [0.5, 0.6) is 5.75 Å². The molecular formula is C42H41NO8. The molecule has 1 saturated carbocycles. The molecule has 3 aliphatic carbocycles. The highest BCUT2D eigenvalue weighted by molar-refractivity contribution is 6.31. The van der Waals surface area contributed by atoms with Crippen LogP contribution in [0.3, 0.4) is 0 Å². The molecule has 1 saturated heterocycles. The standard InChI is InChI=1S/C42H41NO8/c44-22-23-51-34-17-10-9-16-29(34)38-28-19-20-30-37(41(50)43(40(30)49)21-11-3-8-18-36(46)47)32(28)24-33-39(48)31(26-12-4-1-5-13-26)25-35(45)42(33,38)27-14-6-2-7-15-27/h1-2,4-7,9-10,12-17,19,25,30,32-33,37-38,44H,3,8,11,18,20-24H2,(H,46,47). The van der Waals surface area contributed by atoms with E-state index in [9.17, 15) is 19.5 Å². The average molecular weight is 688 g/mol. The van der Waals surface area contributed by atoms with Gasteiger partial charge in [0.05, 0.1) is 23.9 Å². The minimum atomic E-state index is -1.38. The van der Waals surface area contributed by atoms with Crippen LogP contribution in [0, 0.1) is 23.7 Å². The third kappa shape index (κ3) is 5.83. The van der Waals surface area contributed by atoms with Crippen LogP contribution < -0.4 is 4.74 Å². The van der Waals surface area contributed by atoms with Crippen molar-refractivity contribution < 1.29 is 38.9 Å². The molecule has 1 heterocycles. The number of ether oxygens (including phenoxy) is 1. The van der Waals surface area contributed by atoms with E-state index in [1.807, 2.05) is 84.9 Å². The molecule has 0 aromatic heterocycles. The Bertz CT molecular complexity index is 1920. The molecule has 262 valence electrons. The molecule has 2 N–H and O–H groups in total. The maximum atomic E-state index is 15.2. The zero-order valence-electron chi connectivity index (χ0n) is 28.3. The van der Waals surface area contributed by atoms with Gasteiger partial charge in [-0.05, 0) is 54.9 Å². The lowest BCUT2D eigenvalue weighted by molar-refractivity contribution is -0.141. The number of aliphatic carboxylic acids is 1. The van der Waals surface area contributed by atoms with Crippen LogP contribution in [0.25, 0.3) is 5.57 Å². The summed E-state index contributed by atoms with van der Waals surface area (Å²) in [6.45, 7) is 0.0190. The number of rotatable bonds is 12. The first-order chi connectivity index (χ1) is 24.8. The lowest BCUT2D eigenvalue weighted by Gasteiger charge is -2.55. The topological polar surface area (TPSA) is 138 Å². The molecule has 2 fully saturated rings. The van der Waals surface area contributed by atoms with Crippen LogP contribution >= 0.6 is 0 Å². The van der Waals surface area contributed by atoms with Crippen molar-refractivity contribution in [2.45, 2.75) is 49.9 Å². The molecule has 51 heavy (non-hydrogen) atoms. The molecule has 3 aromatic carbocycles. The number of hydrogen-bond donors (Lipinski definition) is 2. The van der Waals surface area contributed by atoms with Gasteiger partial charge in [-0.25, -0.2) is 0 Å². The van der Waals surface area contributed by atoms with E-state index in [1.54, 1.807) is 6.07 Å². The first-order valence-corrected chi connectivity index (χ1v) is 17.8. The number of aliphatic hydroxyl groups is 1. The van der Waals surface area contributed by atoms with Gasteiger partial charge in [0.2, 0.25) is 11.8 Å². The predicted octanol–water partition coefficient (Wildman–Crippen LogP) is 5.53. The number of likely N-dealkylation sites (tertiary alicyclic amines) is 1. The summed E-state index contributed by atoms with van der Waals surface area (Å²) in [7, 11) is 0. The Hall–Kier alpha value is -5.15. The smallest absolute Gasteiger partial charge is 0.303 e. The largest absolute Gasteiger partial charge is 0.491 e. The van der Waals surface area contributed by atoms with Crippen molar-refractivity contribution in [2.75, 3.05) is 19.8 Å². The molecule has 0 spiro atoms. The molecule has 9 nitrogen and oxygen atoms in total. The second-order valence-electron chi connectivity index (χ2n) is 13.9. The van der Waals surface area contributed by atoms with Gasteiger partial charge in [-0.2, -0.15) is 0 Å². The number of ketones is 2. The number of Topliss-reactive ketones (excluding diaryl/α,β-unsaturated/α-hetero) is 1. The number of imide groups is 1. The highest BCUT2D eigenvalue weighted by Gasteiger charge is 2.66. The van der Waals surface area contributed by atoms with Gasteiger partial charge < -0.3 is 14.9 Å². The second-order valence-corrected chi connectivity index (χ2v) is 13.9. The molecule has 7 rings (SSSR count). The van der Waals surface area contributed by atoms with Crippen molar-refractivity contribution in [3.8, 4) is 5.75 Å². The molecule has 6 atom stereocenters. The van der Waals surface area contributed by atoms with Crippen LogP contribution in [0.1, 0.15) is 61.1 Å². The number of fused-ring (bicyclic) bond motifs is 4. The lowest BCUT2D eigenvalue weighted by Crippen LogP contribution is -2.58. The van der Waals surface area contributed by atoms with E-state index in [2.05, 4.69) is 0 Å². The van der Waals surface area contributed by atoms with Gasteiger partial charge in [0.25, 0.3) is 0 Å². The van der Waals surface area contributed by atoms with Gasteiger partial charge in [0, 0.05) is 35.9 Å². The minimum Gasteiger partial charge on any atom is -0.491 e. The summed E-state index contributed by atoms with van der Waals surface area (Å²) in [6, 6.07) is 25.9. The molecule has 2 amide bonds. The fraction of sp³-hybridized carbons (Fsp3) is 0.357. The van der Waals surface area contributed by atoms with Crippen LogP contribution in [0.4, 0.5) is 0 Å². The number of benzene rings is 3. The van der Waals surface area contributed by atoms with Crippen LogP contribution in [-0.2, 0) is 29.4 Å². The first kappa shape index (κ1) is 34.3. The average Bonchev–Trinajstić information content (AvgIpc) is 3.40. The van der Waals surface area contributed by atoms with Gasteiger partial charge in [0.1, 0.15) is 12.4 Å². The Morgan fingerprint density at radius 1 is 0.843 bits per heavy atom. The third-order valence-electron chi connectivity index (χ3n) is 11.3. The summed E-state index contributed by atoms with van der Waals surface area (Å²) >= 11 is 0. The number of nitrogens with zero attached hydrogens (tertiary/aromatic N) is 1. The zero-order valence-corrected chi connectivity index (χ0v) is 28.3. The highest BCUT2D eigenvalue weighted by atomic mass is 16.5. The number of unbranched alkanes of at least 4 members (excludes halogenated alkanes) is 2. The number of carbonyl (C=O) groups is 5. The maximum absolute atomic E-state index is 15.2. The fourth-order valence-corrected chi connectivity index (χ4v) is 9.23. The van der Waals surface area contributed by atoms with Crippen LogP contribution in [0.15, 0.2) is 103 Å². The lowest BCUT2D eigenvalue weighted by atomic mass is 9.44. The molecule has 6 unspecified atom stereocenters. The number of aliphatic hydroxyl groups excluding tert-OH is 1. The zero-order chi connectivity index (χ0) is 35.7. The molecule has 3 aromatic rings. The Balaban J connectivity index is 1.38. The Labute approximate surface area is 296 Å². The normalized spacial score (nSPS) is 26.9. The van der Waals surface area contributed by atoms with Crippen molar-refractivity contribution in [1.29, 1.82) is 0 Å². The number of carboxylic acid groups (broad SMARTS) is 1. The van der Waals surface area contributed by atoms with Crippen molar-refractivity contribution in [2.24, 2.45) is 23.7 Å². The minimum absolute atomic E-state index is 0.0258. The number of amides is 2. The van der Waals surface area contributed by atoms with E-state index in [1.165, 1.54) is 11.0 Å². The van der Waals surface area contributed by atoms with E-state index < -0.39 is 41.0 Å². The van der Waals surface area contributed by atoms with E-state index in [0.29, 0.717) is 53.7 Å². The number of carbonyl (C=O) groups excluding carboxylic acids is 4. The fourth-order valence-electron chi connectivity index (χ4n) is 9.23. The second kappa shape index (κ2) is 14.2. The summed E-state index contributed by atoms with van der Waals surface area (Å²) in [5.74, 6) is -4.67. The third-order valence-corrected chi connectivity index (χ3v) is 11.3. The van der Waals surface area contributed by atoms with Gasteiger partial charge >= 0.3 is 5.97 Å². The van der Waals surface area contributed by atoms with Crippen molar-refractivity contribution in [3.05, 3.63) is 119 Å². The number of hydrogen-bond acceptors (Lipinski definition) is 7. The molecule has 0 bridgehead atoms. The van der Waals surface area contributed by atoms with E-state index in [0.717, 1.165) is 5.57 Å². The van der Waals surface area contributed by atoms with Gasteiger partial charge in [-0.15, -0.1) is 0 Å². The van der Waals surface area contributed by atoms with Gasteiger partial charge in [-0.1, -0.05) is 96.9 Å². The van der Waals surface area contributed by atoms with Crippen LogP contribution in [-0.4, -0.2) is 64.2 Å². The SMILES string of the molecule is O=C(O)CCCCCN1C(=O)C2CC=C3C(CC4C(=O)C(c5ccccc5)=CC(=O)C4(c4ccccc4)C3c3ccccc3OCCO)C2C1=O. The summed E-state index contributed by atoms with van der Waals surface area (Å²) in [5, 5.41) is 18.7. The molecule has 9 heteroatoms. The van der Waals surface area contributed by atoms with Gasteiger partial charge in [-0.3, -0.25) is 28.9 Å². The number of carboxylic acids is 1. The van der Waals surface area contributed by atoms with Crippen molar-refractivity contribution in [1.82, 2.24) is 4.90 Å². The summed E-state index contributed by atoms with van der Waals surface area (Å²) in [6.07, 6.45) is 5.61. The highest BCUT2D eigenvalue weighted by Crippen LogP contribution is 2.64. The number of allylic oxidation sites excluding steroid dienone is 4. The number of para-hydroxylation sites is 1.